The van der Waals surface area contributed by atoms with Gasteiger partial charge in [-0.1, -0.05) is 11.2 Å². The summed E-state index contributed by atoms with van der Waals surface area (Å²) in [5.74, 6) is -0.585. The number of aromatic nitrogens is 1. The Bertz CT molecular complexity index is 732. The SMILES string of the molecule is OC(NC1CCOC1c1ccc(F)c(F)c1)c1cc(C2CC2)on1. The van der Waals surface area contributed by atoms with E-state index in [0.717, 1.165) is 30.7 Å². The monoisotopic (exact) mass is 336 g/mol. The van der Waals surface area contributed by atoms with E-state index in [1.54, 1.807) is 6.07 Å². The second kappa shape index (κ2) is 6.23. The van der Waals surface area contributed by atoms with E-state index in [0.29, 0.717) is 30.2 Å². The Balaban J connectivity index is 1.46. The maximum atomic E-state index is 13.4. The molecule has 1 aromatic heterocycles. The second-order valence-electron chi connectivity index (χ2n) is 6.36. The molecule has 3 unspecified atom stereocenters. The molecule has 0 radical (unpaired) electrons. The molecule has 1 saturated heterocycles. The first-order chi connectivity index (χ1) is 11.6. The van der Waals surface area contributed by atoms with Crippen LogP contribution in [0.2, 0.25) is 0 Å². The average molecular weight is 336 g/mol. The molecule has 0 amide bonds. The highest BCUT2D eigenvalue weighted by atomic mass is 19.2. The van der Waals surface area contributed by atoms with Gasteiger partial charge in [0.05, 0.1) is 6.10 Å². The van der Waals surface area contributed by atoms with Crippen LogP contribution in [0.15, 0.2) is 28.8 Å². The van der Waals surface area contributed by atoms with Gasteiger partial charge in [0.1, 0.15) is 11.5 Å². The van der Waals surface area contributed by atoms with E-state index in [1.807, 2.05) is 0 Å². The van der Waals surface area contributed by atoms with Crippen molar-refractivity contribution in [2.24, 2.45) is 0 Å². The number of ether oxygens (including phenoxy) is 1. The smallest absolute Gasteiger partial charge is 0.159 e. The standard InChI is InChI=1S/C17H18F2N2O3/c18-11-4-3-10(7-12(11)19)16-13(5-6-23-16)20-17(22)14-8-15(24-21-14)9-1-2-9/h3-4,7-9,13,16-17,20,22H,1-2,5-6H2. The Morgan fingerprint density at radius 2 is 2.00 bits per heavy atom. The van der Waals surface area contributed by atoms with Crippen molar-refractivity contribution in [3.63, 3.8) is 0 Å². The normalized spacial score (nSPS) is 25.1. The van der Waals surface area contributed by atoms with Crippen molar-refractivity contribution in [2.45, 2.75) is 43.6 Å². The molecule has 1 aliphatic carbocycles. The van der Waals surface area contributed by atoms with Crippen LogP contribution in [0, 0.1) is 11.6 Å². The molecule has 4 rings (SSSR count). The van der Waals surface area contributed by atoms with Crippen molar-refractivity contribution >= 4 is 0 Å². The number of benzene rings is 1. The summed E-state index contributed by atoms with van der Waals surface area (Å²) >= 11 is 0. The molecule has 24 heavy (non-hydrogen) atoms. The highest BCUT2D eigenvalue weighted by Crippen LogP contribution is 2.40. The fourth-order valence-corrected chi connectivity index (χ4v) is 3.06. The molecule has 128 valence electrons. The fraction of sp³-hybridized carbons (Fsp3) is 0.471. The Morgan fingerprint density at radius 3 is 2.75 bits per heavy atom. The Labute approximate surface area is 137 Å². The number of hydrogen-bond acceptors (Lipinski definition) is 5. The van der Waals surface area contributed by atoms with Gasteiger partial charge in [-0.2, -0.15) is 0 Å². The van der Waals surface area contributed by atoms with Gasteiger partial charge in [0, 0.05) is 24.6 Å². The lowest BCUT2D eigenvalue weighted by Crippen LogP contribution is -2.35. The third-order valence-electron chi connectivity index (χ3n) is 4.54. The van der Waals surface area contributed by atoms with E-state index in [1.165, 1.54) is 6.07 Å². The quantitative estimate of drug-likeness (QED) is 0.822. The number of halogens is 2. The molecule has 1 aromatic carbocycles. The van der Waals surface area contributed by atoms with Gasteiger partial charge in [-0.25, -0.2) is 8.78 Å². The van der Waals surface area contributed by atoms with Crippen LogP contribution >= 0.6 is 0 Å². The summed E-state index contributed by atoms with van der Waals surface area (Å²) in [6.07, 6.45) is 1.37. The van der Waals surface area contributed by atoms with Crippen LogP contribution in [0.1, 0.15) is 54.5 Å². The van der Waals surface area contributed by atoms with E-state index in [9.17, 15) is 13.9 Å². The molecule has 7 heteroatoms. The topological polar surface area (TPSA) is 67.5 Å². The predicted octanol–water partition coefficient (Wildman–Crippen LogP) is 2.94. The fourth-order valence-electron chi connectivity index (χ4n) is 3.06. The van der Waals surface area contributed by atoms with Gasteiger partial charge in [0.15, 0.2) is 17.9 Å². The zero-order valence-electron chi connectivity index (χ0n) is 12.9. The molecular formula is C17H18F2N2O3. The van der Waals surface area contributed by atoms with Gasteiger partial charge in [-0.15, -0.1) is 0 Å². The van der Waals surface area contributed by atoms with Gasteiger partial charge >= 0.3 is 0 Å². The predicted molar refractivity (Wildman–Crippen MR) is 80.0 cm³/mol. The Kier molecular flexibility index (Phi) is 4.07. The molecule has 2 aliphatic rings. The first-order valence-electron chi connectivity index (χ1n) is 8.09. The molecule has 2 N–H and O–H groups in total. The summed E-state index contributed by atoms with van der Waals surface area (Å²) in [6.45, 7) is 0.472. The third kappa shape index (κ3) is 3.07. The van der Waals surface area contributed by atoms with Gasteiger partial charge in [0.2, 0.25) is 0 Å². The second-order valence-corrected chi connectivity index (χ2v) is 6.36. The van der Waals surface area contributed by atoms with Crippen LogP contribution in [0.3, 0.4) is 0 Å². The number of aliphatic hydroxyl groups excluding tert-OH is 1. The summed E-state index contributed by atoms with van der Waals surface area (Å²) in [5, 5.41) is 17.3. The van der Waals surface area contributed by atoms with Crippen LogP contribution in [-0.4, -0.2) is 22.9 Å². The van der Waals surface area contributed by atoms with E-state index >= 15 is 0 Å². The zero-order chi connectivity index (χ0) is 16.7. The van der Waals surface area contributed by atoms with Crippen LogP contribution in [0.4, 0.5) is 8.78 Å². The van der Waals surface area contributed by atoms with Crippen LogP contribution in [-0.2, 0) is 4.74 Å². The number of hydrogen-bond donors (Lipinski definition) is 2. The van der Waals surface area contributed by atoms with Gasteiger partial charge in [-0.05, 0) is 37.0 Å². The van der Waals surface area contributed by atoms with Crippen molar-refractivity contribution in [2.75, 3.05) is 6.61 Å². The average Bonchev–Trinajstić information content (AvgIpc) is 3.11. The molecular weight excluding hydrogens is 318 g/mol. The van der Waals surface area contributed by atoms with E-state index in [2.05, 4.69) is 10.5 Å². The summed E-state index contributed by atoms with van der Waals surface area (Å²) in [7, 11) is 0. The van der Waals surface area contributed by atoms with Crippen LogP contribution < -0.4 is 5.32 Å². The van der Waals surface area contributed by atoms with Crippen molar-refractivity contribution in [1.29, 1.82) is 0 Å². The molecule has 1 saturated carbocycles. The summed E-state index contributed by atoms with van der Waals surface area (Å²) in [5.41, 5.74) is 0.961. The minimum atomic E-state index is -0.999. The highest BCUT2D eigenvalue weighted by Gasteiger charge is 2.33. The maximum Gasteiger partial charge on any atom is 0.159 e. The molecule has 1 aliphatic heterocycles. The van der Waals surface area contributed by atoms with Crippen molar-refractivity contribution in [3.05, 3.63) is 52.9 Å². The molecule has 0 spiro atoms. The molecule has 2 fully saturated rings. The van der Waals surface area contributed by atoms with Crippen molar-refractivity contribution in [3.8, 4) is 0 Å². The summed E-state index contributed by atoms with van der Waals surface area (Å²) < 4.78 is 37.4. The number of rotatable bonds is 5. The van der Waals surface area contributed by atoms with Crippen LogP contribution in [0.25, 0.3) is 0 Å². The van der Waals surface area contributed by atoms with E-state index < -0.39 is 24.0 Å². The molecule has 3 atom stereocenters. The minimum Gasteiger partial charge on any atom is -0.373 e. The molecule has 0 bridgehead atoms. The lowest BCUT2D eigenvalue weighted by atomic mass is 10.0. The summed E-state index contributed by atoms with van der Waals surface area (Å²) in [4.78, 5) is 0. The molecule has 2 heterocycles. The minimum absolute atomic E-state index is 0.231. The van der Waals surface area contributed by atoms with Gasteiger partial charge in [0.25, 0.3) is 0 Å². The lowest BCUT2D eigenvalue weighted by Gasteiger charge is -2.22. The largest absolute Gasteiger partial charge is 0.373 e. The number of nitrogens with zero attached hydrogens (tertiary/aromatic N) is 1. The van der Waals surface area contributed by atoms with Crippen molar-refractivity contribution < 1.29 is 23.1 Å². The molecule has 2 aromatic rings. The van der Waals surface area contributed by atoms with E-state index in [-0.39, 0.29) is 6.04 Å². The number of aliphatic hydroxyl groups is 1. The Hall–Kier alpha value is -1.83. The van der Waals surface area contributed by atoms with Crippen molar-refractivity contribution in [1.82, 2.24) is 10.5 Å². The zero-order valence-corrected chi connectivity index (χ0v) is 12.9. The van der Waals surface area contributed by atoms with E-state index in [4.69, 9.17) is 9.26 Å². The maximum absolute atomic E-state index is 13.4. The Morgan fingerprint density at radius 1 is 1.17 bits per heavy atom. The van der Waals surface area contributed by atoms with Crippen LogP contribution in [0.5, 0.6) is 0 Å². The molecule has 5 nitrogen and oxygen atoms in total. The highest BCUT2D eigenvalue weighted by molar-refractivity contribution is 5.23. The number of nitrogens with one attached hydrogen (secondary N) is 1. The van der Waals surface area contributed by atoms with Gasteiger partial charge < -0.3 is 14.4 Å². The van der Waals surface area contributed by atoms with Gasteiger partial charge in [-0.3, -0.25) is 5.32 Å². The first-order valence-corrected chi connectivity index (χ1v) is 8.09. The third-order valence-corrected chi connectivity index (χ3v) is 4.54. The summed E-state index contributed by atoms with van der Waals surface area (Å²) in [6, 6.07) is 5.24. The first kappa shape index (κ1) is 15.7. The lowest BCUT2D eigenvalue weighted by molar-refractivity contribution is 0.0659.